The first-order valence-electron chi connectivity index (χ1n) is 7.87. The molecule has 0 saturated carbocycles. The molecule has 1 aromatic rings. The lowest BCUT2D eigenvalue weighted by atomic mass is 10.2. The van der Waals surface area contributed by atoms with Crippen LogP contribution in [-0.4, -0.2) is 55.8 Å². The third-order valence-electron chi connectivity index (χ3n) is 4.18. The van der Waals surface area contributed by atoms with Gasteiger partial charge in [0.2, 0.25) is 11.8 Å². The molecule has 0 bridgehead atoms. The highest BCUT2D eigenvalue weighted by Gasteiger charge is 2.34. The van der Waals surface area contributed by atoms with Crippen LogP contribution in [0.3, 0.4) is 0 Å². The first-order valence-corrected chi connectivity index (χ1v) is 9.69. The zero-order valence-corrected chi connectivity index (χ0v) is 14.9. The van der Waals surface area contributed by atoms with Gasteiger partial charge in [-0.2, -0.15) is 0 Å². The molecule has 1 aliphatic rings. The van der Waals surface area contributed by atoms with Crippen LogP contribution in [0, 0.1) is 11.6 Å². The molecule has 1 atom stereocenters. The average Bonchev–Trinajstić information content (AvgIpc) is 2.86. The number of rotatable bonds is 5. The van der Waals surface area contributed by atoms with Gasteiger partial charge in [-0.25, -0.2) is 17.2 Å². The van der Waals surface area contributed by atoms with E-state index in [1.807, 2.05) is 0 Å². The third kappa shape index (κ3) is 4.53. The number of anilines is 1. The highest BCUT2D eigenvalue weighted by atomic mass is 32.2. The van der Waals surface area contributed by atoms with Gasteiger partial charge in [-0.1, -0.05) is 0 Å². The zero-order chi connectivity index (χ0) is 18.8. The normalized spacial score (nSPS) is 18.8. The SMILES string of the molecule is CCN(C(=O)CN(C(C)=O)c1ccc(F)cc1F)C1CCS(=O)(=O)C1. The molecule has 6 nitrogen and oxygen atoms in total. The number of hydrogen-bond acceptors (Lipinski definition) is 4. The molecule has 0 aliphatic carbocycles. The molecular formula is C16H20F2N2O4S. The standard InChI is InChI=1S/C16H20F2N2O4S/c1-3-19(13-6-7-25(23,24)10-13)16(22)9-20(11(2)21)15-5-4-12(17)8-14(15)18/h4-5,8,13H,3,6-7,9-10H2,1-2H3. The van der Waals surface area contributed by atoms with Gasteiger partial charge < -0.3 is 9.80 Å². The van der Waals surface area contributed by atoms with Crippen molar-refractivity contribution in [2.45, 2.75) is 26.3 Å². The number of halogens is 2. The predicted octanol–water partition coefficient (Wildman–Crippen LogP) is 1.35. The lowest BCUT2D eigenvalue weighted by Crippen LogP contribution is -2.47. The van der Waals surface area contributed by atoms with E-state index in [-0.39, 0.29) is 23.7 Å². The molecule has 0 radical (unpaired) electrons. The largest absolute Gasteiger partial charge is 0.337 e. The summed E-state index contributed by atoms with van der Waals surface area (Å²) in [5, 5.41) is 0. The number of likely N-dealkylation sites (N-methyl/N-ethyl adjacent to an activating group) is 1. The van der Waals surface area contributed by atoms with Crippen molar-refractivity contribution in [2.24, 2.45) is 0 Å². The Hall–Kier alpha value is -2.03. The van der Waals surface area contributed by atoms with E-state index in [9.17, 15) is 26.8 Å². The van der Waals surface area contributed by atoms with Crippen molar-refractivity contribution in [2.75, 3.05) is 29.5 Å². The van der Waals surface area contributed by atoms with E-state index in [4.69, 9.17) is 0 Å². The summed E-state index contributed by atoms with van der Waals surface area (Å²) in [6.07, 6.45) is 0.340. The highest BCUT2D eigenvalue weighted by Crippen LogP contribution is 2.22. The van der Waals surface area contributed by atoms with Gasteiger partial charge in [0.25, 0.3) is 0 Å². The number of carbonyl (C=O) groups is 2. The quantitative estimate of drug-likeness (QED) is 0.780. The molecule has 9 heteroatoms. The average molecular weight is 374 g/mol. The van der Waals surface area contributed by atoms with Crippen LogP contribution in [0.5, 0.6) is 0 Å². The van der Waals surface area contributed by atoms with Crippen LogP contribution >= 0.6 is 0 Å². The Morgan fingerprint density at radius 1 is 1.28 bits per heavy atom. The van der Waals surface area contributed by atoms with Crippen molar-refractivity contribution in [1.29, 1.82) is 0 Å². The highest BCUT2D eigenvalue weighted by molar-refractivity contribution is 7.91. The molecule has 1 aliphatic heterocycles. The van der Waals surface area contributed by atoms with Gasteiger partial charge in [-0.05, 0) is 25.5 Å². The Balaban J connectivity index is 2.20. The monoisotopic (exact) mass is 374 g/mol. The molecule has 1 unspecified atom stereocenters. The first-order chi connectivity index (χ1) is 11.6. The summed E-state index contributed by atoms with van der Waals surface area (Å²) in [6, 6.07) is 2.28. The van der Waals surface area contributed by atoms with Crippen LogP contribution in [-0.2, 0) is 19.4 Å². The maximum Gasteiger partial charge on any atom is 0.242 e. The Kier molecular flexibility index (Phi) is 5.76. The molecule has 0 N–H and O–H groups in total. The van der Waals surface area contributed by atoms with E-state index in [1.165, 1.54) is 11.8 Å². The summed E-state index contributed by atoms with van der Waals surface area (Å²) in [7, 11) is -3.17. The third-order valence-corrected chi connectivity index (χ3v) is 5.93. The van der Waals surface area contributed by atoms with Crippen LogP contribution in [0.2, 0.25) is 0 Å². The fourth-order valence-corrected chi connectivity index (χ4v) is 4.68. The molecule has 2 rings (SSSR count). The van der Waals surface area contributed by atoms with Crippen molar-refractivity contribution in [3.05, 3.63) is 29.8 Å². The number of nitrogens with zero attached hydrogens (tertiary/aromatic N) is 2. The number of benzene rings is 1. The lowest BCUT2D eigenvalue weighted by molar-refractivity contribution is -0.132. The number of carbonyl (C=O) groups excluding carboxylic acids is 2. The Morgan fingerprint density at radius 2 is 1.96 bits per heavy atom. The van der Waals surface area contributed by atoms with E-state index in [0.717, 1.165) is 17.0 Å². The summed E-state index contributed by atoms with van der Waals surface area (Å²) in [5.41, 5.74) is -0.197. The summed E-state index contributed by atoms with van der Waals surface area (Å²) in [5.74, 6) is -2.89. The summed E-state index contributed by atoms with van der Waals surface area (Å²) in [4.78, 5) is 26.7. The van der Waals surface area contributed by atoms with Crippen LogP contribution in [0.4, 0.5) is 14.5 Å². The minimum atomic E-state index is -3.17. The fourth-order valence-electron chi connectivity index (χ4n) is 2.95. The van der Waals surface area contributed by atoms with Crippen LogP contribution in [0.1, 0.15) is 20.3 Å². The summed E-state index contributed by atoms with van der Waals surface area (Å²) in [6.45, 7) is 2.71. The van der Waals surface area contributed by atoms with E-state index >= 15 is 0 Å². The van der Waals surface area contributed by atoms with Crippen molar-refractivity contribution >= 4 is 27.3 Å². The zero-order valence-electron chi connectivity index (χ0n) is 14.0. The Bertz CT molecular complexity index is 782. The summed E-state index contributed by atoms with van der Waals surface area (Å²) >= 11 is 0. The van der Waals surface area contributed by atoms with Crippen molar-refractivity contribution in [3.63, 3.8) is 0 Å². The molecule has 1 aromatic carbocycles. The van der Waals surface area contributed by atoms with Gasteiger partial charge in [-0.15, -0.1) is 0 Å². The molecular weight excluding hydrogens is 354 g/mol. The maximum atomic E-state index is 14.0. The second-order valence-corrected chi connectivity index (χ2v) is 8.17. The maximum absolute atomic E-state index is 14.0. The van der Waals surface area contributed by atoms with Gasteiger partial charge >= 0.3 is 0 Å². The molecule has 1 fully saturated rings. The van der Waals surface area contributed by atoms with Gasteiger partial charge in [0, 0.05) is 25.6 Å². The summed E-state index contributed by atoms with van der Waals surface area (Å²) < 4.78 is 50.3. The Labute approximate surface area is 145 Å². The van der Waals surface area contributed by atoms with Crippen molar-refractivity contribution in [1.82, 2.24) is 4.90 Å². The van der Waals surface area contributed by atoms with E-state index < -0.39 is 45.9 Å². The minimum Gasteiger partial charge on any atom is -0.337 e. The Morgan fingerprint density at radius 3 is 2.44 bits per heavy atom. The van der Waals surface area contributed by atoms with Gasteiger partial charge in [0.1, 0.15) is 18.2 Å². The predicted molar refractivity (Wildman–Crippen MR) is 88.8 cm³/mol. The molecule has 0 spiro atoms. The molecule has 25 heavy (non-hydrogen) atoms. The number of amides is 2. The number of hydrogen-bond donors (Lipinski definition) is 0. The van der Waals surface area contributed by atoms with E-state index in [1.54, 1.807) is 6.92 Å². The second-order valence-electron chi connectivity index (χ2n) is 5.94. The van der Waals surface area contributed by atoms with Crippen molar-refractivity contribution in [3.8, 4) is 0 Å². The molecule has 2 amide bonds. The molecule has 1 heterocycles. The lowest BCUT2D eigenvalue weighted by Gasteiger charge is -2.30. The fraction of sp³-hybridized carbons (Fsp3) is 0.500. The van der Waals surface area contributed by atoms with E-state index in [0.29, 0.717) is 12.5 Å². The van der Waals surface area contributed by atoms with E-state index in [2.05, 4.69) is 0 Å². The molecule has 0 aromatic heterocycles. The second kappa shape index (κ2) is 7.47. The van der Waals surface area contributed by atoms with Gasteiger partial charge in [0.05, 0.1) is 17.2 Å². The smallest absolute Gasteiger partial charge is 0.242 e. The van der Waals surface area contributed by atoms with Crippen molar-refractivity contribution < 1.29 is 26.8 Å². The molecule has 138 valence electrons. The minimum absolute atomic E-state index is 0.0183. The topological polar surface area (TPSA) is 74.8 Å². The molecule has 1 saturated heterocycles. The van der Waals surface area contributed by atoms with Crippen LogP contribution < -0.4 is 4.90 Å². The van der Waals surface area contributed by atoms with Gasteiger partial charge in [-0.3, -0.25) is 9.59 Å². The van der Waals surface area contributed by atoms with Crippen LogP contribution in [0.15, 0.2) is 18.2 Å². The first kappa shape index (κ1) is 19.3. The van der Waals surface area contributed by atoms with Crippen LogP contribution in [0.25, 0.3) is 0 Å². The van der Waals surface area contributed by atoms with Gasteiger partial charge in [0.15, 0.2) is 9.84 Å². The number of sulfone groups is 1.